The van der Waals surface area contributed by atoms with Crippen molar-refractivity contribution >= 4 is 61.0 Å². The zero-order valence-electron chi connectivity index (χ0n) is 16.3. The van der Waals surface area contributed by atoms with Crippen LogP contribution in [0.5, 0.6) is 11.5 Å². The Labute approximate surface area is 209 Å². The molecule has 32 heavy (non-hydrogen) atoms. The van der Waals surface area contributed by atoms with Gasteiger partial charge in [0.25, 0.3) is 5.91 Å². The maximum absolute atomic E-state index is 12.5. The van der Waals surface area contributed by atoms with Crippen LogP contribution in [-0.4, -0.2) is 30.6 Å². The molecule has 1 heterocycles. The normalized spacial score (nSPS) is 11.1. The van der Waals surface area contributed by atoms with E-state index in [1.54, 1.807) is 18.2 Å². The van der Waals surface area contributed by atoms with Gasteiger partial charge in [-0.1, -0.05) is 23.2 Å². The molecule has 0 saturated carbocycles. The molecule has 5 nitrogen and oxygen atoms in total. The fraction of sp³-hybridized carbons (Fsp3) is 0.300. The van der Waals surface area contributed by atoms with Gasteiger partial charge < -0.3 is 14.8 Å². The minimum absolute atomic E-state index is 0.0888. The van der Waals surface area contributed by atoms with Gasteiger partial charge in [0, 0.05) is 24.9 Å². The van der Waals surface area contributed by atoms with Crippen molar-refractivity contribution in [3.05, 3.63) is 61.2 Å². The first-order chi connectivity index (χ1) is 15.1. The quantitative estimate of drug-likeness (QED) is 0.291. The molecule has 1 aromatic heterocycles. The summed E-state index contributed by atoms with van der Waals surface area (Å²) in [7, 11) is 0. The van der Waals surface area contributed by atoms with E-state index in [9.17, 15) is 18.0 Å². The van der Waals surface area contributed by atoms with Crippen molar-refractivity contribution in [3.8, 4) is 11.5 Å². The van der Waals surface area contributed by atoms with Crippen LogP contribution in [0.25, 0.3) is 0 Å². The van der Waals surface area contributed by atoms with Gasteiger partial charge in [-0.05, 0) is 62.9 Å². The van der Waals surface area contributed by atoms with E-state index >= 15 is 0 Å². The predicted octanol–water partition coefficient (Wildman–Crippen LogP) is 7.01. The highest BCUT2D eigenvalue weighted by atomic mass is 79.9. The Hall–Kier alpha value is -1.49. The van der Waals surface area contributed by atoms with Crippen LogP contribution >= 0.6 is 55.1 Å². The molecule has 0 bridgehead atoms. The van der Waals surface area contributed by atoms with Crippen molar-refractivity contribution in [2.45, 2.75) is 19.0 Å². The molecule has 0 radical (unpaired) electrons. The van der Waals surface area contributed by atoms with E-state index in [1.807, 2.05) is 0 Å². The average molecular weight is 621 g/mol. The minimum atomic E-state index is -4.50. The molecule has 0 saturated heterocycles. The first kappa shape index (κ1) is 26.8. The standard InChI is InChI=1S/C20H17Br2Cl2F3N2O3/c21-17(22)5-8-31-13-9-14(23)18(15(24)10-13)32-7-2-1-6-28-19(30)16-4-3-12(11-29-16)20(25,26)27/h3-5,9-11H,1-2,6-8H2,(H,28,30). The number of amides is 1. The van der Waals surface area contributed by atoms with Gasteiger partial charge in [-0.2, -0.15) is 13.2 Å². The number of unbranched alkanes of at least 4 members (excludes halogenated alkanes) is 1. The Morgan fingerprint density at radius 2 is 1.81 bits per heavy atom. The second kappa shape index (κ2) is 12.7. The molecule has 174 valence electrons. The molecule has 12 heteroatoms. The summed E-state index contributed by atoms with van der Waals surface area (Å²) in [6.45, 7) is 0.912. The monoisotopic (exact) mass is 618 g/mol. The van der Waals surface area contributed by atoms with E-state index in [4.69, 9.17) is 32.7 Å². The fourth-order valence-electron chi connectivity index (χ4n) is 2.35. The highest BCUT2D eigenvalue weighted by molar-refractivity contribution is 9.28. The second-order valence-electron chi connectivity index (χ2n) is 6.26. The summed E-state index contributed by atoms with van der Waals surface area (Å²) in [5, 5.41) is 3.20. The van der Waals surface area contributed by atoms with Crippen LogP contribution < -0.4 is 14.8 Å². The average Bonchev–Trinajstić information content (AvgIpc) is 2.71. The Bertz CT molecular complexity index is 931. The highest BCUT2D eigenvalue weighted by Gasteiger charge is 2.30. The Morgan fingerprint density at radius 1 is 1.12 bits per heavy atom. The van der Waals surface area contributed by atoms with Crippen molar-refractivity contribution in [1.29, 1.82) is 0 Å². The number of pyridine rings is 1. The molecule has 2 rings (SSSR count). The van der Waals surface area contributed by atoms with Gasteiger partial charge in [0.2, 0.25) is 0 Å². The van der Waals surface area contributed by atoms with Crippen LogP contribution in [0.4, 0.5) is 13.2 Å². The van der Waals surface area contributed by atoms with Crippen molar-refractivity contribution in [1.82, 2.24) is 10.3 Å². The number of carbonyl (C=O) groups excluding carboxylic acids is 1. The molecule has 1 amide bonds. The lowest BCUT2D eigenvalue weighted by molar-refractivity contribution is -0.137. The van der Waals surface area contributed by atoms with Crippen molar-refractivity contribution in [3.63, 3.8) is 0 Å². The number of alkyl halides is 3. The van der Waals surface area contributed by atoms with Crippen LogP contribution in [0.3, 0.4) is 0 Å². The minimum Gasteiger partial charge on any atom is -0.490 e. The van der Waals surface area contributed by atoms with E-state index in [0.29, 0.717) is 60.3 Å². The molecule has 1 N–H and O–H groups in total. The van der Waals surface area contributed by atoms with Gasteiger partial charge >= 0.3 is 6.18 Å². The van der Waals surface area contributed by atoms with Crippen LogP contribution in [0.2, 0.25) is 10.0 Å². The van der Waals surface area contributed by atoms with E-state index in [-0.39, 0.29) is 5.69 Å². The largest absolute Gasteiger partial charge is 0.490 e. The zero-order chi connectivity index (χ0) is 23.7. The summed E-state index contributed by atoms with van der Waals surface area (Å²) in [4.78, 5) is 15.5. The topological polar surface area (TPSA) is 60.5 Å². The number of benzene rings is 1. The van der Waals surface area contributed by atoms with E-state index in [1.165, 1.54) is 0 Å². The third kappa shape index (κ3) is 8.80. The number of aromatic nitrogens is 1. The maximum Gasteiger partial charge on any atom is 0.417 e. The third-order valence-corrected chi connectivity index (χ3v) is 5.09. The number of rotatable bonds is 10. The lowest BCUT2D eigenvalue weighted by atomic mass is 10.2. The van der Waals surface area contributed by atoms with Crippen LogP contribution in [0, 0.1) is 0 Å². The summed E-state index contributed by atoms with van der Waals surface area (Å²) in [6, 6.07) is 5.04. The molecule has 0 atom stereocenters. The number of carbonyl (C=O) groups is 1. The van der Waals surface area contributed by atoms with E-state index in [0.717, 1.165) is 15.5 Å². The van der Waals surface area contributed by atoms with Crippen LogP contribution in [0.15, 0.2) is 39.9 Å². The summed E-state index contributed by atoms with van der Waals surface area (Å²) in [5.74, 6) is 0.267. The highest BCUT2D eigenvalue weighted by Crippen LogP contribution is 2.37. The van der Waals surface area contributed by atoms with Crippen molar-refractivity contribution in [2.75, 3.05) is 19.8 Å². The SMILES string of the molecule is O=C(NCCCCOc1c(Cl)cc(OCC=C(Br)Br)cc1Cl)c1ccc(C(F)(F)F)cn1. The predicted molar refractivity (Wildman–Crippen MR) is 124 cm³/mol. The van der Waals surface area contributed by atoms with Gasteiger partial charge in [0.15, 0.2) is 5.75 Å². The van der Waals surface area contributed by atoms with Gasteiger partial charge in [0.05, 0.1) is 25.6 Å². The van der Waals surface area contributed by atoms with Gasteiger partial charge in [-0.3, -0.25) is 9.78 Å². The number of halogens is 7. The Kier molecular flexibility index (Phi) is 10.6. The van der Waals surface area contributed by atoms with E-state index < -0.39 is 17.6 Å². The van der Waals surface area contributed by atoms with Gasteiger partial charge in [0.1, 0.15) is 18.1 Å². The maximum atomic E-state index is 12.5. The van der Waals surface area contributed by atoms with Gasteiger partial charge in [-0.15, -0.1) is 0 Å². The molecule has 0 aliphatic heterocycles. The summed E-state index contributed by atoms with van der Waals surface area (Å²) in [6.07, 6.45) is -0.960. The zero-order valence-corrected chi connectivity index (χ0v) is 21.0. The molecule has 0 spiro atoms. The molecular weight excluding hydrogens is 604 g/mol. The number of nitrogens with zero attached hydrogens (tertiary/aromatic N) is 1. The molecule has 1 aromatic carbocycles. The summed E-state index contributed by atoms with van der Waals surface area (Å²) >= 11 is 18.9. The molecule has 2 aromatic rings. The number of nitrogens with one attached hydrogen (secondary N) is 1. The number of hydrogen-bond donors (Lipinski definition) is 1. The first-order valence-corrected chi connectivity index (χ1v) is 11.5. The van der Waals surface area contributed by atoms with Crippen LogP contribution in [0.1, 0.15) is 28.9 Å². The first-order valence-electron chi connectivity index (χ1n) is 9.15. The lowest BCUT2D eigenvalue weighted by Crippen LogP contribution is -2.25. The smallest absolute Gasteiger partial charge is 0.417 e. The molecule has 0 aliphatic rings. The number of ether oxygens (including phenoxy) is 2. The Balaban J connectivity index is 1.73. The third-order valence-electron chi connectivity index (χ3n) is 3.89. The Morgan fingerprint density at radius 3 is 2.38 bits per heavy atom. The molecule has 0 fully saturated rings. The molecule has 0 aliphatic carbocycles. The van der Waals surface area contributed by atoms with Crippen LogP contribution in [-0.2, 0) is 6.18 Å². The lowest BCUT2D eigenvalue weighted by Gasteiger charge is -2.12. The fourth-order valence-corrected chi connectivity index (χ4v) is 3.19. The second-order valence-corrected chi connectivity index (χ2v) is 9.85. The summed E-state index contributed by atoms with van der Waals surface area (Å²) in [5.41, 5.74) is -0.999. The summed E-state index contributed by atoms with van der Waals surface area (Å²) < 4.78 is 49.5. The van der Waals surface area contributed by atoms with Crippen molar-refractivity contribution < 1.29 is 27.4 Å². The van der Waals surface area contributed by atoms with E-state index in [2.05, 4.69) is 42.2 Å². The number of hydrogen-bond acceptors (Lipinski definition) is 4. The van der Waals surface area contributed by atoms with Crippen molar-refractivity contribution in [2.24, 2.45) is 0 Å². The molecular formula is C20H17Br2Cl2F3N2O3. The van der Waals surface area contributed by atoms with Gasteiger partial charge in [-0.25, -0.2) is 0 Å². The molecule has 0 unspecified atom stereocenters.